The molecule has 1 unspecified atom stereocenters. The number of halogens is 2. The third kappa shape index (κ3) is 3.11. The van der Waals surface area contributed by atoms with Gasteiger partial charge >= 0.3 is 5.97 Å². The van der Waals surface area contributed by atoms with Crippen LogP contribution in [0.15, 0.2) is 24.3 Å². The van der Waals surface area contributed by atoms with Crippen LogP contribution in [0.2, 0.25) is 0 Å². The number of ether oxygens (including phenoxy) is 1. The van der Waals surface area contributed by atoms with Crippen molar-refractivity contribution < 1.29 is 13.9 Å². The number of hydrogen-bond acceptors (Lipinski definition) is 4. The first kappa shape index (κ1) is 14.7. The number of carbonyl (C=O) groups is 1. The summed E-state index contributed by atoms with van der Waals surface area (Å²) < 4.78 is 18.2. The van der Waals surface area contributed by atoms with Gasteiger partial charge in [0, 0.05) is 25.3 Å². The minimum absolute atomic E-state index is 0. The van der Waals surface area contributed by atoms with Crippen molar-refractivity contribution >= 4 is 24.1 Å². The Bertz CT molecular complexity index is 400. The molecule has 1 fully saturated rings. The van der Waals surface area contributed by atoms with Gasteiger partial charge < -0.3 is 15.0 Å². The van der Waals surface area contributed by atoms with Gasteiger partial charge in [-0.2, -0.15) is 0 Å². The summed E-state index contributed by atoms with van der Waals surface area (Å²) in [5.41, 5.74) is 1.26. The van der Waals surface area contributed by atoms with Gasteiger partial charge in [-0.05, 0) is 24.3 Å². The fourth-order valence-electron chi connectivity index (χ4n) is 1.87. The van der Waals surface area contributed by atoms with Crippen LogP contribution in [0.3, 0.4) is 0 Å². The SMILES string of the molecule is COC(=O)c1ccc(N2CCNCC2F)cc1.Cl. The smallest absolute Gasteiger partial charge is 0.337 e. The first-order chi connectivity index (χ1) is 8.22. The first-order valence-electron chi connectivity index (χ1n) is 5.52. The summed E-state index contributed by atoms with van der Waals surface area (Å²) >= 11 is 0. The number of nitrogens with one attached hydrogen (secondary N) is 1. The van der Waals surface area contributed by atoms with Crippen molar-refractivity contribution in [3.8, 4) is 0 Å². The fourth-order valence-corrected chi connectivity index (χ4v) is 1.87. The molecule has 2 rings (SSSR count). The van der Waals surface area contributed by atoms with E-state index in [1.54, 1.807) is 29.2 Å². The molecule has 0 aliphatic carbocycles. The Morgan fingerprint density at radius 3 is 2.67 bits per heavy atom. The van der Waals surface area contributed by atoms with Gasteiger partial charge in [-0.3, -0.25) is 0 Å². The lowest BCUT2D eigenvalue weighted by Crippen LogP contribution is -2.49. The summed E-state index contributed by atoms with van der Waals surface area (Å²) in [4.78, 5) is 12.9. The van der Waals surface area contributed by atoms with Crippen molar-refractivity contribution in [2.24, 2.45) is 0 Å². The molecule has 1 atom stereocenters. The molecular formula is C12H16ClFN2O2. The van der Waals surface area contributed by atoms with E-state index in [0.717, 1.165) is 12.2 Å². The average molecular weight is 275 g/mol. The van der Waals surface area contributed by atoms with E-state index >= 15 is 0 Å². The van der Waals surface area contributed by atoms with Crippen LogP contribution in [0.4, 0.5) is 10.1 Å². The molecule has 6 heteroatoms. The lowest BCUT2D eigenvalue weighted by atomic mass is 10.2. The van der Waals surface area contributed by atoms with E-state index in [2.05, 4.69) is 10.1 Å². The Morgan fingerprint density at radius 1 is 1.44 bits per heavy atom. The van der Waals surface area contributed by atoms with Crippen LogP contribution in [0, 0.1) is 0 Å². The molecule has 1 saturated heterocycles. The molecular weight excluding hydrogens is 259 g/mol. The Morgan fingerprint density at radius 2 is 2.11 bits per heavy atom. The summed E-state index contributed by atoms with van der Waals surface area (Å²) in [5, 5.41) is 2.98. The number of esters is 1. The molecule has 4 nitrogen and oxygen atoms in total. The van der Waals surface area contributed by atoms with Crippen molar-refractivity contribution in [2.45, 2.75) is 6.30 Å². The van der Waals surface area contributed by atoms with Gasteiger partial charge in [0.05, 0.1) is 12.7 Å². The monoisotopic (exact) mass is 274 g/mol. The molecule has 1 heterocycles. The second-order valence-corrected chi connectivity index (χ2v) is 3.87. The zero-order chi connectivity index (χ0) is 12.3. The minimum Gasteiger partial charge on any atom is -0.465 e. The third-order valence-electron chi connectivity index (χ3n) is 2.80. The van der Waals surface area contributed by atoms with E-state index in [-0.39, 0.29) is 18.4 Å². The number of carbonyl (C=O) groups excluding carboxylic acids is 1. The highest BCUT2D eigenvalue weighted by Gasteiger charge is 2.21. The fraction of sp³-hybridized carbons (Fsp3) is 0.417. The third-order valence-corrected chi connectivity index (χ3v) is 2.80. The van der Waals surface area contributed by atoms with Gasteiger partial charge in [0.25, 0.3) is 0 Å². The number of methoxy groups -OCH3 is 1. The second-order valence-electron chi connectivity index (χ2n) is 3.87. The molecule has 0 spiro atoms. The molecule has 1 N–H and O–H groups in total. The van der Waals surface area contributed by atoms with Crippen molar-refractivity contribution in [3.05, 3.63) is 29.8 Å². The number of nitrogens with zero attached hydrogens (tertiary/aromatic N) is 1. The highest BCUT2D eigenvalue weighted by molar-refractivity contribution is 5.89. The molecule has 1 aliphatic heterocycles. The number of alkyl halides is 1. The van der Waals surface area contributed by atoms with Gasteiger partial charge in [-0.25, -0.2) is 9.18 Å². The van der Waals surface area contributed by atoms with E-state index in [1.165, 1.54) is 7.11 Å². The van der Waals surface area contributed by atoms with Crippen LogP contribution in [0.25, 0.3) is 0 Å². The largest absolute Gasteiger partial charge is 0.465 e. The average Bonchev–Trinajstić information content (AvgIpc) is 2.39. The van der Waals surface area contributed by atoms with E-state index < -0.39 is 6.30 Å². The topological polar surface area (TPSA) is 41.6 Å². The zero-order valence-electron chi connectivity index (χ0n) is 10.1. The standard InChI is InChI=1S/C12H15FN2O2.ClH/c1-17-12(16)9-2-4-10(5-3-9)15-7-6-14-8-11(15)13;/h2-5,11,14H,6-8H2,1H3;1H. The maximum absolute atomic E-state index is 13.6. The molecule has 0 saturated carbocycles. The molecule has 0 bridgehead atoms. The normalized spacial score (nSPS) is 19.0. The van der Waals surface area contributed by atoms with E-state index in [1.807, 2.05) is 0 Å². The predicted molar refractivity (Wildman–Crippen MR) is 70.1 cm³/mol. The van der Waals surface area contributed by atoms with Crippen LogP contribution in [0.5, 0.6) is 0 Å². The molecule has 0 radical (unpaired) electrons. The number of rotatable bonds is 2. The second kappa shape index (κ2) is 6.56. The Balaban J connectivity index is 0.00000162. The highest BCUT2D eigenvalue weighted by atomic mass is 35.5. The van der Waals surface area contributed by atoms with E-state index in [0.29, 0.717) is 18.7 Å². The maximum atomic E-state index is 13.6. The summed E-state index contributed by atoms with van der Waals surface area (Å²) in [5.74, 6) is -0.381. The van der Waals surface area contributed by atoms with Crippen molar-refractivity contribution in [1.82, 2.24) is 5.32 Å². The summed E-state index contributed by atoms with van der Waals surface area (Å²) in [6.45, 7) is 1.72. The van der Waals surface area contributed by atoms with Crippen LogP contribution >= 0.6 is 12.4 Å². The number of anilines is 1. The zero-order valence-corrected chi connectivity index (χ0v) is 10.9. The van der Waals surface area contributed by atoms with Gasteiger partial charge in [-0.15, -0.1) is 12.4 Å². The summed E-state index contributed by atoms with van der Waals surface area (Å²) in [6.07, 6.45) is -1.02. The Labute approximate surface area is 112 Å². The maximum Gasteiger partial charge on any atom is 0.337 e. The molecule has 1 aliphatic rings. The quantitative estimate of drug-likeness (QED) is 0.657. The number of hydrogen-bond donors (Lipinski definition) is 1. The first-order valence-corrected chi connectivity index (χ1v) is 5.52. The number of piperazine rings is 1. The Hall–Kier alpha value is -1.33. The Kier molecular flexibility index (Phi) is 5.37. The van der Waals surface area contributed by atoms with Gasteiger partial charge in [0.15, 0.2) is 6.30 Å². The van der Waals surface area contributed by atoms with Crippen LogP contribution < -0.4 is 10.2 Å². The van der Waals surface area contributed by atoms with Crippen LogP contribution in [-0.2, 0) is 4.74 Å². The molecule has 100 valence electrons. The predicted octanol–water partition coefficient (Wildman–Crippen LogP) is 1.60. The van der Waals surface area contributed by atoms with Crippen molar-refractivity contribution in [2.75, 3.05) is 31.6 Å². The van der Waals surface area contributed by atoms with Gasteiger partial charge in [0.1, 0.15) is 0 Å². The molecule has 18 heavy (non-hydrogen) atoms. The van der Waals surface area contributed by atoms with Crippen molar-refractivity contribution in [3.63, 3.8) is 0 Å². The van der Waals surface area contributed by atoms with Crippen LogP contribution in [-0.4, -0.2) is 39.0 Å². The van der Waals surface area contributed by atoms with Crippen molar-refractivity contribution in [1.29, 1.82) is 0 Å². The van der Waals surface area contributed by atoms with E-state index in [4.69, 9.17) is 0 Å². The highest BCUT2D eigenvalue weighted by Crippen LogP contribution is 2.19. The molecule has 0 aromatic heterocycles. The molecule has 1 aromatic rings. The summed E-state index contributed by atoms with van der Waals surface area (Å²) in [7, 11) is 1.34. The summed E-state index contributed by atoms with van der Waals surface area (Å²) in [6, 6.07) is 6.78. The van der Waals surface area contributed by atoms with E-state index in [9.17, 15) is 9.18 Å². The minimum atomic E-state index is -1.02. The lowest BCUT2D eigenvalue weighted by Gasteiger charge is -2.32. The molecule has 0 amide bonds. The lowest BCUT2D eigenvalue weighted by molar-refractivity contribution is 0.0601. The number of benzene rings is 1. The van der Waals surface area contributed by atoms with Crippen LogP contribution in [0.1, 0.15) is 10.4 Å². The van der Waals surface area contributed by atoms with Gasteiger partial charge in [-0.1, -0.05) is 0 Å². The molecule has 1 aromatic carbocycles. The van der Waals surface area contributed by atoms with Gasteiger partial charge in [0.2, 0.25) is 0 Å².